The number of benzene rings is 5. The molecule has 0 spiro atoms. The number of allylic oxidation sites excluding steroid dienone is 8. The molecule has 0 atom stereocenters. The summed E-state index contributed by atoms with van der Waals surface area (Å²) in [5.41, 5.74) is 14.6. The summed E-state index contributed by atoms with van der Waals surface area (Å²) in [6.07, 6.45) is 17.4. The largest absolute Gasteiger partial charge is 0.379 e. The second-order valence-corrected chi connectivity index (χ2v) is 31.5. The Morgan fingerprint density at radius 1 is 0.697 bits per heavy atom. The van der Waals surface area contributed by atoms with Crippen molar-refractivity contribution in [2.45, 2.75) is 186 Å². The fourth-order valence-electron chi connectivity index (χ4n) is 14.1. The van der Waals surface area contributed by atoms with Gasteiger partial charge in [0.2, 0.25) is 17.5 Å². The molecule has 10 rings (SSSR count). The van der Waals surface area contributed by atoms with Gasteiger partial charge in [0.1, 0.15) is 18.0 Å². The van der Waals surface area contributed by atoms with Crippen molar-refractivity contribution in [1.29, 1.82) is 0 Å². The van der Waals surface area contributed by atoms with Gasteiger partial charge in [-0.15, -0.1) is 5.10 Å². The number of carbonyl (C=O) groups is 3. The standard InChI is InChI=1S/C79H97N7O11S2/c1-10-45-83-68-37-35-61(98(90,91)92)52-65(68)78(6,7)70(83)39-32-56-21-18-22-57(33-40-71-79(8,9)66-53-62(99(93,94)95)36-38-69(66)84(71)46-11-2)74(56)58-30-27-55(28-31-58)29-41-72(88)80-44-19-47-86-76-63-24-13-12-20-59(63)54-85(67-26-15-14-25-64(67)75(76)81-82-86)73(89)42-34-60(87)23-16-17-48-96-50-51-97-49-43-77(3,4)5/h12-15,20,24-28,30-33,35-40,52-53H,10-11,16-19,21-23,29,34,41-51,54H2,1-9H3,(H2-,80,88,90,91,92,93,94,95)/p+1. The SMILES string of the molecule is CCCN1C(=CC=C2CCCC(C=CC3=[N+](CCC)c4ccc(S(=O)(=O)O)cc4C3(C)C)=C2c2ccc(CCC(=O)NCCCn3nnc4c3-c3ccccc3CN(C(=O)CCC(=O)CCCCOCCOCCC(C)(C)C)c3ccccc3-4)cc2)C(C)(C)c2cc(S(=O)(=O)O)ccc21. The predicted molar refractivity (Wildman–Crippen MR) is 391 cm³/mol. The molecule has 20 heteroatoms. The minimum absolute atomic E-state index is 0.0533. The first-order chi connectivity index (χ1) is 47.2. The molecular formula is C79H98N7O11S2+. The molecule has 0 saturated heterocycles. The van der Waals surface area contributed by atoms with Gasteiger partial charge >= 0.3 is 0 Å². The minimum atomic E-state index is -4.44. The topological polar surface area (TPSA) is 231 Å². The van der Waals surface area contributed by atoms with Crippen LogP contribution in [0.25, 0.3) is 28.1 Å². The molecular weight excluding hydrogens is 1290 g/mol. The molecule has 526 valence electrons. The number of ether oxygens (including phenoxy) is 2. The quantitative estimate of drug-likeness (QED) is 0.0216. The van der Waals surface area contributed by atoms with Gasteiger partial charge in [-0.05, 0) is 158 Å². The maximum absolute atomic E-state index is 14.2. The molecule has 0 fully saturated rings. The van der Waals surface area contributed by atoms with Crippen molar-refractivity contribution >= 4 is 66.2 Å². The number of para-hydroxylation sites is 1. The van der Waals surface area contributed by atoms with E-state index in [0.29, 0.717) is 96.2 Å². The summed E-state index contributed by atoms with van der Waals surface area (Å²) in [5.74, 6) is -0.160. The lowest BCUT2D eigenvalue weighted by molar-refractivity contribution is -0.437. The Balaban J connectivity index is 0.813. The van der Waals surface area contributed by atoms with Gasteiger partial charge in [0.25, 0.3) is 20.2 Å². The number of hydrogen-bond acceptors (Lipinski definition) is 12. The number of aromatic nitrogens is 3. The first-order valence-electron chi connectivity index (χ1n) is 35.1. The highest BCUT2D eigenvalue weighted by atomic mass is 32.2. The Hall–Kier alpha value is -7.98. The van der Waals surface area contributed by atoms with E-state index in [1.54, 1.807) is 29.2 Å². The van der Waals surface area contributed by atoms with E-state index in [1.807, 2.05) is 53.2 Å². The van der Waals surface area contributed by atoms with Crippen molar-refractivity contribution in [2.24, 2.45) is 5.41 Å². The average molecular weight is 1390 g/mol. The number of anilines is 2. The number of amides is 2. The highest BCUT2D eigenvalue weighted by Crippen LogP contribution is 2.50. The second kappa shape index (κ2) is 31.7. The fraction of sp³-hybridized carbons (Fsp3) is 0.443. The normalized spacial score (nSPS) is 16.6. The van der Waals surface area contributed by atoms with Crippen molar-refractivity contribution in [3.05, 3.63) is 178 Å². The van der Waals surface area contributed by atoms with E-state index in [1.165, 1.54) is 12.1 Å². The summed E-state index contributed by atoms with van der Waals surface area (Å²) >= 11 is 0. The average Bonchev–Trinajstić information content (AvgIpc) is 1.64. The summed E-state index contributed by atoms with van der Waals surface area (Å²) in [6.45, 7) is 24.1. The maximum Gasteiger partial charge on any atom is 0.294 e. The molecule has 3 N–H and O–H groups in total. The van der Waals surface area contributed by atoms with Gasteiger partial charge in [-0.1, -0.05) is 133 Å². The Kier molecular flexibility index (Phi) is 23.6. The molecule has 0 bridgehead atoms. The molecule has 4 aliphatic rings. The van der Waals surface area contributed by atoms with Crippen LogP contribution in [0.4, 0.5) is 17.1 Å². The van der Waals surface area contributed by atoms with Crippen molar-refractivity contribution < 1.29 is 54.4 Å². The number of rotatable bonds is 30. The number of nitrogens with one attached hydrogen (secondary N) is 1. The molecule has 3 aliphatic heterocycles. The Labute approximate surface area is 585 Å². The molecule has 0 saturated carbocycles. The Bertz CT molecular complexity index is 4380. The molecule has 6 aromatic rings. The van der Waals surface area contributed by atoms with E-state index in [0.717, 1.165) is 129 Å². The van der Waals surface area contributed by atoms with Gasteiger partial charge < -0.3 is 24.6 Å². The van der Waals surface area contributed by atoms with Crippen molar-refractivity contribution in [2.75, 3.05) is 55.9 Å². The second-order valence-electron chi connectivity index (χ2n) is 28.7. The highest BCUT2D eigenvalue weighted by molar-refractivity contribution is 7.86. The van der Waals surface area contributed by atoms with Crippen molar-refractivity contribution in [1.82, 2.24) is 20.3 Å². The fourth-order valence-corrected chi connectivity index (χ4v) is 15.1. The van der Waals surface area contributed by atoms with Crippen molar-refractivity contribution in [3.63, 3.8) is 0 Å². The summed E-state index contributed by atoms with van der Waals surface area (Å²) in [4.78, 5) is 44.6. The third kappa shape index (κ3) is 17.4. The predicted octanol–water partition coefficient (Wildman–Crippen LogP) is 15.1. The zero-order valence-electron chi connectivity index (χ0n) is 59.0. The van der Waals surface area contributed by atoms with Gasteiger partial charge in [0.05, 0.1) is 46.3 Å². The Morgan fingerprint density at radius 2 is 1.39 bits per heavy atom. The number of aryl methyl sites for hydroxylation is 2. The monoisotopic (exact) mass is 1380 g/mol. The van der Waals surface area contributed by atoms with Crippen molar-refractivity contribution in [3.8, 4) is 22.5 Å². The van der Waals surface area contributed by atoms with Crippen LogP contribution in [0.1, 0.15) is 174 Å². The van der Waals surface area contributed by atoms with E-state index in [9.17, 15) is 40.3 Å². The number of Topliss-reactive ketones (excluding diaryl/α,β-unsaturated/α-hetero) is 1. The van der Waals surface area contributed by atoms with Gasteiger partial charge in [-0.25, -0.2) is 4.68 Å². The molecule has 0 unspecified atom stereocenters. The summed E-state index contributed by atoms with van der Waals surface area (Å²) < 4.78 is 85.2. The smallest absolute Gasteiger partial charge is 0.294 e. The van der Waals surface area contributed by atoms with Gasteiger partial charge in [0.15, 0.2) is 5.71 Å². The lowest BCUT2D eigenvalue weighted by atomic mass is 9.79. The minimum Gasteiger partial charge on any atom is -0.379 e. The molecule has 99 heavy (non-hydrogen) atoms. The van der Waals surface area contributed by atoms with Crippen LogP contribution in [0.2, 0.25) is 0 Å². The zero-order valence-corrected chi connectivity index (χ0v) is 60.7. The van der Waals surface area contributed by atoms with Crippen LogP contribution in [0.15, 0.2) is 160 Å². The van der Waals surface area contributed by atoms with Crippen LogP contribution in [0, 0.1) is 5.41 Å². The molecule has 5 aromatic carbocycles. The van der Waals surface area contributed by atoms with Crippen LogP contribution in [-0.2, 0) is 74.4 Å². The van der Waals surface area contributed by atoms with E-state index < -0.39 is 31.1 Å². The molecule has 2 amide bonds. The molecule has 1 aliphatic carbocycles. The molecule has 4 heterocycles. The van der Waals surface area contributed by atoms with E-state index >= 15 is 0 Å². The van der Waals surface area contributed by atoms with Crippen LogP contribution < -0.4 is 15.1 Å². The highest BCUT2D eigenvalue weighted by Gasteiger charge is 2.45. The zero-order chi connectivity index (χ0) is 70.9. The first-order valence-corrected chi connectivity index (χ1v) is 38.0. The summed E-state index contributed by atoms with van der Waals surface area (Å²) in [7, 11) is -8.87. The molecule has 0 radical (unpaired) electrons. The number of hydrogen-bond donors (Lipinski definition) is 3. The third-order valence-electron chi connectivity index (χ3n) is 19.5. The number of unbranched alkanes of at least 4 members (excludes halogenated alkanes) is 1. The Morgan fingerprint density at radius 3 is 2.11 bits per heavy atom. The van der Waals surface area contributed by atoms with E-state index in [2.05, 4.69) is 131 Å². The van der Waals surface area contributed by atoms with Gasteiger partial charge in [-0.2, -0.15) is 21.4 Å². The number of fused-ring (bicyclic) bond motifs is 7. The third-order valence-corrected chi connectivity index (χ3v) is 21.2. The van der Waals surface area contributed by atoms with E-state index in [4.69, 9.17) is 14.6 Å². The van der Waals surface area contributed by atoms with Crippen LogP contribution in [-0.4, -0.2) is 115 Å². The van der Waals surface area contributed by atoms with Gasteiger partial charge in [-0.3, -0.25) is 23.5 Å². The first kappa shape index (κ1) is 73.7. The molecule has 18 nitrogen and oxygen atoms in total. The number of ketones is 1. The molecule has 1 aromatic heterocycles. The maximum atomic E-state index is 14.2. The lowest BCUT2D eigenvalue weighted by Crippen LogP contribution is -2.32. The number of carbonyl (C=O) groups excluding carboxylic acids is 3. The number of nitrogens with zero attached hydrogens (tertiary/aromatic N) is 6. The lowest BCUT2D eigenvalue weighted by Gasteiger charge is -2.28. The van der Waals surface area contributed by atoms with Gasteiger partial charge in [0, 0.05) is 111 Å². The van der Waals surface area contributed by atoms with E-state index in [-0.39, 0.29) is 52.1 Å². The summed E-state index contributed by atoms with van der Waals surface area (Å²) in [6, 6.07) is 33.8. The van der Waals surface area contributed by atoms with Crippen LogP contribution in [0.3, 0.4) is 0 Å². The summed E-state index contributed by atoms with van der Waals surface area (Å²) in [5, 5.41) is 12.5. The van der Waals surface area contributed by atoms with Crippen LogP contribution >= 0.6 is 0 Å². The van der Waals surface area contributed by atoms with Crippen LogP contribution in [0.5, 0.6) is 0 Å².